The summed E-state index contributed by atoms with van der Waals surface area (Å²) in [4.78, 5) is 66.7. The molecular weight excluding hydrogens is 723 g/mol. The molecule has 6 bridgehead atoms. The van der Waals surface area contributed by atoms with Gasteiger partial charge in [0.15, 0.2) is 0 Å². The van der Waals surface area contributed by atoms with Gasteiger partial charge in [0, 0.05) is 94.8 Å². The summed E-state index contributed by atoms with van der Waals surface area (Å²) in [5, 5.41) is 7.26. The Morgan fingerprint density at radius 1 is 0.873 bits per heavy atom. The van der Waals surface area contributed by atoms with Crippen molar-refractivity contribution in [1.29, 1.82) is 0 Å². The number of hydrogen-bond acceptors (Lipinski definition) is 7. The SMILES string of the molecule is Cc1sc2nc1CC(=O)N1CC[C@@H](CC(=O)NCc3ccccc3)[C@@H](CC(=O)NCC[C@H]3CN(C4CCC(F)(F)CC4)CC[C@H]3CC(=O)N3CCC2CC3)C1. The van der Waals surface area contributed by atoms with Gasteiger partial charge in [-0.15, -0.1) is 11.3 Å². The van der Waals surface area contributed by atoms with Gasteiger partial charge in [-0.1, -0.05) is 30.3 Å². The highest BCUT2D eigenvalue weighted by Crippen LogP contribution is 2.39. The van der Waals surface area contributed by atoms with E-state index in [1.54, 1.807) is 11.3 Å². The third kappa shape index (κ3) is 10.3. The van der Waals surface area contributed by atoms with Crippen molar-refractivity contribution in [2.45, 2.75) is 115 Å². The number of carbonyl (C=O) groups is 4. The van der Waals surface area contributed by atoms with Crippen LogP contribution in [0.25, 0.3) is 0 Å². The number of rotatable bonds is 5. The standard InChI is InChI=1S/C42H58F2N6O4S/c1-28-36-24-40(54)50-20-13-31(21-38(52)46-25-29-5-3-2-4-6-29)34(27-50)22-37(51)45-16-9-33-26-49(35-7-14-42(43,44)15-8-35)19-12-32(33)23-39(53)48-17-10-30(11-18-48)41(47-36)55-28/h2-6,30-35H,7-27H2,1H3,(H,45,51)(H,46,52)/t31-,32-,33-,34-/m0/s1. The van der Waals surface area contributed by atoms with Crippen molar-refractivity contribution in [1.82, 2.24) is 30.3 Å². The number of benzene rings is 1. The van der Waals surface area contributed by atoms with Crippen molar-refractivity contribution in [2.75, 3.05) is 45.8 Å². The van der Waals surface area contributed by atoms with E-state index in [4.69, 9.17) is 4.98 Å². The fourth-order valence-electron chi connectivity index (χ4n) is 9.82. The number of thiazole rings is 1. The van der Waals surface area contributed by atoms with E-state index < -0.39 is 5.92 Å². The molecule has 3 saturated heterocycles. The van der Waals surface area contributed by atoms with Crippen molar-refractivity contribution in [3.05, 3.63) is 51.5 Å². The number of halogens is 2. The molecule has 10 nitrogen and oxygen atoms in total. The zero-order valence-corrected chi connectivity index (χ0v) is 33.1. The summed E-state index contributed by atoms with van der Waals surface area (Å²) in [6.07, 6.45) is 5.90. The van der Waals surface area contributed by atoms with Crippen LogP contribution in [0, 0.1) is 30.6 Å². The number of alkyl halides is 2. The number of aryl methyl sites for hydroxylation is 1. The predicted octanol–water partition coefficient (Wildman–Crippen LogP) is 5.69. The maximum Gasteiger partial charge on any atom is 0.248 e. The minimum absolute atomic E-state index is 0.00164. The van der Waals surface area contributed by atoms with Gasteiger partial charge in [0.2, 0.25) is 29.6 Å². The molecule has 6 aliphatic rings. The van der Waals surface area contributed by atoms with Crippen LogP contribution in [0.2, 0.25) is 0 Å². The largest absolute Gasteiger partial charge is 0.356 e. The Hall–Kier alpha value is -3.45. The lowest BCUT2D eigenvalue weighted by atomic mass is 9.79. The molecule has 2 N–H and O–H groups in total. The molecule has 300 valence electrons. The topological polar surface area (TPSA) is 115 Å². The Bertz CT molecular complexity index is 1660. The highest BCUT2D eigenvalue weighted by molar-refractivity contribution is 7.11. The third-order valence-corrected chi connectivity index (χ3v) is 14.5. The van der Waals surface area contributed by atoms with Crippen LogP contribution in [0.15, 0.2) is 30.3 Å². The highest BCUT2D eigenvalue weighted by atomic mass is 32.1. The average molecular weight is 781 g/mol. The number of amides is 4. The molecule has 5 aliphatic heterocycles. The van der Waals surface area contributed by atoms with Gasteiger partial charge in [-0.2, -0.15) is 0 Å². The van der Waals surface area contributed by atoms with Crippen molar-refractivity contribution in [2.24, 2.45) is 23.7 Å². The first-order valence-corrected chi connectivity index (χ1v) is 21.5. The first-order chi connectivity index (χ1) is 26.5. The summed E-state index contributed by atoms with van der Waals surface area (Å²) in [6.45, 7) is 6.81. The molecule has 1 saturated carbocycles. The second kappa shape index (κ2) is 17.8. The molecule has 1 aromatic heterocycles. The van der Waals surface area contributed by atoms with Gasteiger partial charge in [-0.25, -0.2) is 13.8 Å². The Kier molecular flexibility index (Phi) is 12.9. The minimum Gasteiger partial charge on any atom is -0.356 e. The van der Waals surface area contributed by atoms with E-state index in [1.165, 1.54) is 0 Å². The van der Waals surface area contributed by atoms with Gasteiger partial charge < -0.3 is 25.3 Å². The van der Waals surface area contributed by atoms with E-state index in [-0.39, 0.29) is 84.9 Å². The monoisotopic (exact) mass is 780 g/mol. The number of aromatic nitrogens is 1. The molecule has 0 radical (unpaired) electrons. The van der Waals surface area contributed by atoms with Crippen molar-refractivity contribution < 1.29 is 28.0 Å². The summed E-state index contributed by atoms with van der Waals surface area (Å²) in [5.74, 6) is -2.20. The zero-order chi connectivity index (χ0) is 38.5. The van der Waals surface area contributed by atoms with Crippen LogP contribution in [0.3, 0.4) is 0 Å². The maximum absolute atomic E-state index is 14.0. The van der Waals surface area contributed by atoms with Gasteiger partial charge in [0.05, 0.1) is 17.1 Å². The van der Waals surface area contributed by atoms with Crippen LogP contribution in [-0.2, 0) is 32.1 Å². The third-order valence-electron chi connectivity index (χ3n) is 13.3. The van der Waals surface area contributed by atoms with E-state index in [9.17, 15) is 28.0 Å². The van der Waals surface area contributed by atoms with E-state index >= 15 is 0 Å². The molecule has 13 heteroatoms. The van der Waals surface area contributed by atoms with E-state index in [0.29, 0.717) is 77.8 Å². The van der Waals surface area contributed by atoms with Gasteiger partial charge in [-0.05, 0) is 87.6 Å². The van der Waals surface area contributed by atoms with Crippen LogP contribution in [0.4, 0.5) is 8.78 Å². The first-order valence-electron chi connectivity index (χ1n) is 20.7. The lowest BCUT2D eigenvalue weighted by molar-refractivity contribution is -0.135. The Labute approximate surface area is 328 Å². The number of nitrogens with one attached hydrogen (secondary N) is 2. The molecule has 1 aromatic carbocycles. The van der Waals surface area contributed by atoms with Crippen molar-refractivity contribution >= 4 is 35.0 Å². The number of hydrogen-bond donors (Lipinski definition) is 2. The van der Waals surface area contributed by atoms with Crippen LogP contribution < -0.4 is 10.6 Å². The molecule has 4 atom stereocenters. The molecule has 4 amide bonds. The van der Waals surface area contributed by atoms with Crippen LogP contribution >= 0.6 is 11.3 Å². The minimum atomic E-state index is -2.58. The van der Waals surface area contributed by atoms with Crippen molar-refractivity contribution in [3.63, 3.8) is 0 Å². The Morgan fingerprint density at radius 2 is 1.62 bits per heavy atom. The molecular formula is C42H58F2N6O4S. The van der Waals surface area contributed by atoms with Crippen molar-refractivity contribution in [3.8, 4) is 0 Å². The normalized spacial score (nSPS) is 27.9. The number of likely N-dealkylation sites (tertiary alicyclic amines) is 1. The highest BCUT2D eigenvalue weighted by Gasteiger charge is 2.41. The quantitative estimate of drug-likeness (QED) is 0.404. The van der Waals surface area contributed by atoms with Crippen LogP contribution in [-0.4, -0.2) is 101 Å². The smallest absolute Gasteiger partial charge is 0.248 e. The summed E-state index contributed by atoms with van der Waals surface area (Å²) in [5.41, 5.74) is 1.83. The van der Waals surface area contributed by atoms with Gasteiger partial charge in [0.25, 0.3) is 0 Å². The molecule has 4 fully saturated rings. The van der Waals surface area contributed by atoms with Crippen LogP contribution in [0.5, 0.6) is 0 Å². The lowest BCUT2D eigenvalue weighted by Gasteiger charge is -2.45. The molecule has 2 aromatic rings. The first kappa shape index (κ1) is 39.8. The van der Waals surface area contributed by atoms with Gasteiger partial charge in [-0.3, -0.25) is 19.2 Å². The maximum atomic E-state index is 14.0. The fourth-order valence-corrected chi connectivity index (χ4v) is 10.9. The second-order valence-electron chi connectivity index (χ2n) is 16.9. The molecule has 1 aliphatic carbocycles. The summed E-state index contributed by atoms with van der Waals surface area (Å²) < 4.78 is 28.1. The summed E-state index contributed by atoms with van der Waals surface area (Å²) in [7, 11) is 0. The fraction of sp³-hybridized carbons (Fsp3) is 0.690. The molecule has 0 unspecified atom stereocenters. The molecule has 0 spiro atoms. The van der Waals surface area contributed by atoms with E-state index in [0.717, 1.165) is 53.5 Å². The summed E-state index contributed by atoms with van der Waals surface area (Å²) >= 11 is 1.66. The number of carbonyl (C=O) groups excluding carboxylic acids is 4. The zero-order valence-electron chi connectivity index (χ0n) is 32.3. The Balaban J connectivity index is 1.06. The summed E-state index contributed by atoms with van der Waals surface area (Å²) in [6, 6.07) is 9.91. The predicted molar refractivity (Wildman–Crippen MR) is 207 cm³/mol. The molecule has 6 heterocycles. The molecule has 55 heavy (non-hydrogen) atoms. The van der Waals surface area contributed by atoms with E-state index in [1.807, 2.05) is 47.1 Å². The van der Waals surface area contributed by atoms with Gasteiger partial charge >= 0.3 is 0 Å². The number of piperidine rings is 3. The Morgan fingerprint density at radius 3 is 2.38 bits per heavy atom. The lowest BCUT2D eigenvalue weighted by Crippen LogP contribution is -2.50. The van der Waals surface area contributed by atoms with E-state index in [2.05, 4.69) is 15.5 Å². The number of fused-ring (bicyclic) bond motifs is 8. The molecule has 8 rings (SSSR count). The van der Waals surface area contributed by atoms with Crippen LogP contribution in [0.1, 0.15) is 104 Å². The number of nitrogens with zero attached hydrogens (tertiary/aromatic N) is 4. The average Bonchev–Trinajstić information content (AvgIpc) is 3.54. The second-order valence-corrected chi connectivity index (χ2v) is 18.2. The van der Waals surface area contributed by atoms with Gasteiger partial charge in [0.1, 0.15) is 0 Å².